The lowest BCUT2D eigenvalue weighted by Gasteiger charge is -2.21. The summed E-state index contributed by atoms with van der Waals surface area (Å²) in [5, 5.41) is 29.7. The number of nitrogens with one attached hydrogen (secondary N) is 1. The van der Waals surface area contributed by atoms with Gasteiger partial charge in [-0.1, -0.05) is 56.2 Å². The number of carbonyl (C=O) groups excluding carboxylic acids is 1. The molecule has 0 spiro atoms. The van der Waals surface area contributed by atoms with E-state index in [0.717, 1.165) is 12.8 Å². The third-order valence-corrected chi connectivity index (χ3v) is 5.64. The highest BCUT2D eigenvalue weighted by atomic mass is 32.2. The number of aliphatic carboxylic acids is 2. The van der Waals surface area contributed by atoms with Gasteiger partial charge in [0.05, 0.1) is 12.1 Å². The number of thioether (sulfide) groups is 1. The van der Waals surface area contributed by atoms with Gasteiger partial charge in [-0.2, -0.15) is 0 Å². The van der Waals surface area contributed by atoms with Crippen LogP contribution in [0.1, 0.15) is 51.9 Å². The minimum atomic E-state index is -1.16. The Labute approximate surface area is 188 Å². The SMILES string of the molecule is CCCCC/C=C/C=C/C=C/[C@@H](SC[C@H](N)C(=O)NCC(=O)O)[C@@H](O)CCCC(=O)O. The van der Waals surface area contributed by atoms with Crippen molar-refractivity contribution in [2.75, 3.05) is 12.3 Å². The summed E-state index contributed by atoms with van der Waals surface area (Å²) in [6.45, 7) is 1.66. The van der Waals surface area contributed by atoms with E-state index in [1.165, 1.54) is 24.6 Å². The maximum Gasteiger partial charge on any atom is 0.322 e. The average Bonchev–Trinajstić information content (AvgIpc) is 2.72. The second kappa shape index (κ2) is 18.7. The lowest BCUT2D eigenvalue weighted by atomic mass is 10.1. The number of allylic oxidation sites excluding steroid dienone is 5. The molecule has 0 aromatic heterocycles. The minimum absolute atomic E-state index is 0.0298. The van der Waals surface area contributed by atoms with Crippen molar-refractivity contribution in [1.82, 2.24) is 5.32 Å². The lowest BCUT2D eigenvalue weighted by Crippen LogP contribution is -2.44. The van der Waals surface area contributed by atoms with E-state index >= 15 is 0 Å². The summed E-state index contributed by atoms with van der Waals surface area (Å²) < 4.78 is 0. The normalized spacial score (nSPS) is 14.8. The van der Waals surface area contributed by atoms with Gasteiger partial charge in [0.25, 0.3) is 0 Å². The van der Waals surface area contributed by atoms with Crippen molar-refractivity contribution in [2.45, 2.75) is 69.3 Å². The number of hydrogen-bond acceptors (Lipinski definition) is 6. The van der Waals surface area contributed by atoms with Crippen LogP contribution in [0.3, 0.4) is 0 Å². The first kappa shape index (κ1) is 28.9. The van der Waals surface area contributed by atoms with E-state index in [1.807, 2.05) is 18.2 Å². The number of unbranched alkanes of at least 4 members (excludes halogenated alkanes) is 3. The van der Waals surface area contributed by atoms with Crippen LogP contribution >= 0.6 is 11.8 Å². The van der Waals surface area contributed by atoms with Gasteiger partial charge in [0.15, 0.2) is 0 Å². The molecular formula is C22H36N2O6S. The zero-order valence-corrected chi connectivity index (χ0v) is 18.9. The van der Waals surface area contributed by atoms with Gasteiger partial charge < -0.3 is 26.4 Å². The fourth-order valence-corrected chi connectivity index (χ4v) is 3.64. The molecule has 0 radical (unpaired) electrons. The molecule has 6 N–H and O–H groups in total. The van der Waals surface area contributed by atoms with Crippen molar-refractivity contribution in [3.63, 3.8) is 0 Å². The van der Waals surface area contributed by atoms with Gasteiger partial charge in [0, 0.05) is 17.4 Å². The predicted molar refractivity (Wildman–Crippen MR) is 124 cm³/mol. The molecule has 0 heterocycles. The van der Waals surface area contributed by atoms with Crippen molar-refractivity contribution in [2.24, 2.45) is 5.73 Å². The molecule has 0 rings (SSSR count). The molecule has 176 valence electrons. The predicted octanol–water partition coefficient (Wildman–Crippen LogP) is 2.48. The quantitative estimate of drug-likeness (QED) is 0.156. The largest absolute Gasteiger partial charge is 0.481 e. The summed E-state index contributed by atoms with van der Waals surface area (Å²) in [4.78, 5) is 33.0. The van der Waals surface area contributed by atoms with Gasteiger partial charge in [0.1, 0.15) is 6.54 Å². The highest BCUT2D eigenvalue weighted by molar-refractivity contribution is 8.00. The number of nitrogens with two attached hydrogens (primary N) is 1. The molecular weight excluding hydrogens is 420 g/mol. The van der Waals surface area contributed by atoms with Crippen molar-refractivity contribution < 1.29 is 29.7 Å². The number of rotatable bonds is 18. The van der Waals surface area contributed by atoms with E-state index in [1.54, 1.807) is 12.2 Å². The molecule has 9 heteroatoms. The standard InChI is InChI=1S/C22H36N2O6S/c1-2-3-4-5-6-7-8-9-10-13-19(18(25)12-11-14-20(26)27)31-16-17(23)22(30)24-15-21(28)29/h6-10,13,17-19,25H,2-5,11-12,14-16,23H2,1H3,(H,24,30)(H,26,27)(H,28,29)/b7-6+,9-8+,13-10+/t17-,18-,19+/m0/s1. The topological polar surface area (TPSA) is 150 Å². The molecule has 3 atom stereocenters. The minimum Gasteiger partial charge on any atom is -0.481 e. The average molecular weight is 457 g/mol. The van der Waals surface area contributed by atoms with Gasteiger partial charge in [-0.05, 0) is 25.7 Å². The lowest BCUT2D eigenvalue weighted by molar-refractivity contribution is -0.138. The number of carbonyl (C=O) groups is 3. The van der Waals surface area contributed by atoms with Crippen LogP contribution in [0.25, 0.3) is 0 Å². The third-order valence-electron chi connectivity index (χ3n) is 4.23. The van der Waals surface area contributed by atoms with Gasteiger partial charge >= 0.3 is 11.9 Å². The molecule has 0 fully saturated rings. The molecule has 0 bridgehead atoms. The molecule has 0 aliphatic carbocycles. The Hall–Kier alpha value is -2.10. The Morgan fingerprint density at radius 3 is 2.39 bits per heavy atom. The zero-order valence-electron chi connectivity index (χ0n) is 18.1. The van der Waals surface area contributed by atoms with Gasteiger partial charge in [-0.3, -0.25) is 14.4 Å². The summed E-state index contributed by atoms with van der Waals surface area (Å²) in [6, 6.07) is -0.923. The van der Waals surface area contributed by atoms with E-state index < -0.39 is 36.5 Å². The number of hydrogen-bond donors (Lipinski definition) is 5. The van der Waals surface area contributed by atoms with Crippen molar-refractivity contribution in [1.29, 1.82) is 0 Å². The van der Waals surface area contributed by atoms with Gasteiger partial charge in [-0.15, -0.1) is 11.8 Å². The van der Waals surface area contributed by atoms with E-state index in [4.69, 9.17) is 15.9 Å². The van der Waals surface area contributed by atoms with Crippen LogP contribution in [-0.2, 0) is 14.4 Å². The van der Waals surface area contributed by atoms with Crippen LogP contribution in [0.2, 0.25) is 0 Å². The Morgan fingerprint density at radius 2 is 1.74 bits per heavy atom. The van der Waals surface area contributed by atoms with Crippen molar-refractivity contribution in [3.8, 4) is 0 Å². The molecule has 0 aliphatic rings. The van der Waals surface area contributed by atoms with Crippen molar-refractivity contribution >= 4 is 29.6 Å². The molecule has 0 aromatic rings. The Morgan fingerprint density at radius 1 is 1.03 bits per heavy atom. The summed E-state index contributed by atoms with van der Waals surface area (Å²) in [5.41, 5.74) is 5.80. The first-order valence-corrected chi connectivity index (χ1v) is 11.6. The zero-order chi connectivity index (χ0) is 23.5. The van der Waals surface area contributed by atoms with E-state index in [0.29, 0.717) is 12.8 Å². The first-order chi connectivity index (χ1) is 14.8. The van der Waals surface area contributed by atoms with Crippen LogP contribution < -0.4 is 11.1 Å². The number of carboxylic acids is 2. The number of aliphatic hydroxyl groups excluding tert-OH is 1. The fraction of sp³-hybridized carbons (Fsp3) is 0.591. The van der Waals surface area contributed by atoms with E-state index in [-0.39, 0.29) is 17.4 Å². The highest BCUT2D eigenvalue weighted by Crippen LogP contribution is 2.21. The second-order valence-electron chi connectivity index (χ2n) is 7.06. The molecule has 8 nitrogen and oxygen atoms in total. The summed E-state index contributed by atoms with van der Waals surface area (Å²) in [6.07, 6.45) is 15.8. The van der Waals surface area contributed by atoms with E-state index in [9.17, 15) is 19.5 Å². The summed E-state index contributed by atoms with van der Waals surface area (Å²) in [7, 11) is 0. The number of amides is 1. The maximum absolute atomic E-state index is 11.8. The van der Waals surface area contributed by atoms with Gasteiger partial charge in [0.2, 0.25) is 5.91 Å². The maximum atomic E-state index is 11.8. The Kier molecular flexibility index (Phi) is 17.4. The molecule has 1 amide bonds. The number of carboxylic acid groups (broad SMARTS) is 2. The second-order valence-corrected chi connectivity index (χ2v) is 8.27. The molecule has 0 unspecified atom stereocenters. The summed E-state index contributed by atoms with van der Waals surface area (Å²) >= 11 is 1.27. The third kappa shape index (κ3) is 17.3. The highest BCUT2D eigenvalue weighted by Gasteiger charge is 2.21. The molecule has 0 aromatic carbocycles. The van der Waals surface area contributed by atoms with Gasteiger partial charge in [-0.25, -0.2) is 0 Å². The molecule has 0 saturated carbocycles. The van der Waals surface area contributed by atoms with Crippen LogP contribution in [-0.4, -0.2) is 62.9 Å². The Balaban J connectivity index is 4.74. The van der Waals surface area contributed by atoms with Crippen LogP contribution in [0, 0.1) is 0 Å². The smallest absolute Gasteiger partial charge is 0.322 e. The fourth-order valence-electron chi connectivity index (χ4n) is 2.49. The molecule has 0 saturated heterocycles. The van der Waals surface area contributed by atoms with Crippen molar-refractivity contribution in [3.05, 3.63) is 36.5 Å². The summed E-state index contributed by atoms with van der Waals surface area (Å²) in [5.74, 6) is -2.48. The Bertz CT molecular complexity index is 621. The van der Waals surface area contributed by atoms with Crippen LogP contribution in [0.5, 0.6) is 0 Å². The molecule has 31 heavy (non-hydrogen) atoms. The van der Waals surface area contributed by atoms with Crippen LogP contribution in [0.4, 0.5) is 0 Å². The van der Waals surface area contributed by atoms with Crippen LogP contribution in [0.15, 0.2) is 36.5 Å². The monoisotopic (exact) mass is 456 g/mol. The molecule has 0 aliphatic heterocycles. The van der Waals surface area contributed by atoms with E-state index in [2.05, 4.69) is 18.3 Å². The number of aliphatic hydroxyl groups is 1. The first-order valence-electron chi connectivity index (χ1n) is 10.5.